The standard InChI is InChI=1S/C30H47N3O7/c1-23(2)28-20-32-33(21-28)25(5)26-6-8-27(9-7-26)30(35)31-10-11-36-12-13-37-14-15-38-16-17-39-18-19-40-22-29(34)24(3)4/h6-9,20-21,23-25H,10-19,22H2,1-5H3,(H,31,35). The Balaban J connectivity index is 1.42. The van der Waals surface area contributed by atoms with Crippen molar-refractivity contribution in [3.8, 4) is 0 Å². The zero-order valence-electron chi connectivity index (χ0n) is 24.7. The number of rotatable bonds is 22. The van der Waals surface area contributed by atoms with Gasteiger partial charge in [-0.3, -0.25) is 14.3 Å². The molecule has 0 saturated heterocycles. The summed E-state index contributed by atoms with van der Waals surface area (Å²) in [7, 11) is 0. The summed E-state index contributed by atoms with van der Waals surface area (Å²) in [5.41, 5.74) is 2.91. The van der Waals surface area contributed by atoms with Gasteiger partial charge in [-0.15, -0.1) is 0 Å². The molecule has 10 nitrogen and oxygen atoms in total. The second-order valence-corrected chi connectivity index (χ2v) is 10.1. The van der Waals surface area contributed by atoms with Gasteiger partial charge in [0.25, 0.3) is 5.91 Å². The molecule has 2 aromatic rings. The van der Waals surface area contributed by atoms with Crippen molar-refractivity contribution < 1.29 is 33.3 Å². The number of ether oxygens (including phenoxy) is 5. The molecule has 0 spiro atoms. The molecule has 40 heavy (non-hydrogen) atoms. The van der Waals surface area contributed by atoms with Crippen molar-refractivity contribution in [3.63, 3.8) is 0 Å². The monoisotopic (exact) mass is 561 g/mol. The van der Waals surface area contributed by atoms with Gasteiger partial charge in [0.15, 0.2) is 5.78 Å². The lowest BCUT2D eigenvalue weighted by Gasteiger charge is -2.13. The average molecular weight is 562 g/mol. The maximum atomic E-state index is 12.4. The van der Waals surface area contributed by atoms with Crippen molar-refractivity contribution in [2.24, 2.45) is 5.92 Å². The van der Waals surface area contributed by atoms with Crippen molar-refractivity contribution in [1.82, 2.24) is 15.1 Å². The third kappa shape index (κ3) is 13.1. The highest BCUT2D eigenvalue weighted by molar-refractivity contribution is 5.94. The number of aromatic nitrogens is 2. The first-order chi connectivity index (χ1) is 19.3. The molecule has 1 atom stereocenters. The molecule has 0 aliphatic heterocycles. The van der Waals surface area contributed by atoms with Crippen LogP contribution in [0.4, 0.5) is 0 Å². The lowest BCUT2D eigenvalue weighted by molar-refractivity contribution is -0.127. The highest BCUT2D eigenvalue weighted by Gasteiger charge is 2.12. The van der Waals surface area contributed by atoms with Gasteiger partial charge in [-0.1, -0.05) is 39.8 Å². The second kappa shape index (κ2) is 19.4. The SMILES string of the molecule is CC(C)C(=O)COCCOCCOCCOCCOCCNC(=O)c1ccc(C(C)n2cc(C(C)C)cn2)cc1. The first-order valence-corrected chi connectivity index (χ1v) is 14.1. The molecule has 10 heteroatoms. The zero-order chi connectivity index (χ0) is 29.2. The largest absolute Gasteiger partial charge is 0.377 e. The average Bonchev–Trinajstić information content (AvgIpc) is 3.45. The van der Waals surface area contributed by atoms with E-state index in [1.165, 1.54) is 5.56 Å². The van der Waals surface area contributed by atoms with E-state index in [0.717, 1.165) is 5.56 Å². The molecule has 1 unspecified atom stereocenters. The lowest BCUT2D eigenvalue weighted by Crippen LogP contribution is -2.27. The van der Waals surface area contributed by atoms with Crippen LogP contribution >= 0.6 is 0 Å². The Morgan fingerprint density at radius 3 is 1.77 bits per heavy atom. The van der Waals surface area contributed by atoms with Crippen LogP contribution in [-0.2, 0) is 28.5 Å². The summed E-state index contributed by atoms with van der Waals surface area (Å²) < 4.78 is 29.0. The number of carbonyl (C=O) groups excluding carboxylic acids is 2. The normalized spacial score (nSPS) is 12.3. The summed E-state index contributed by atoms with van der Waals surface area (Å²) in [6, 6.07) is 7.70. The van der Waals surface area contributed by atoms with Crippen molar-refractivity contribution in [3.05, 3.63) is 53.3 Å². The van der Waals surface area contributed by atoms with Crippen LogP contribution in [0.3, 0.4) is 0 Å². The fraction of sp³-hybridized carbons (Fsp3) is 0.633. The molecule has 0 aliphatic carbocycles. The lowest BCUT2D eigenvalue weighted by atomic mass is 10.1. The third-order valence-corrected chi connectivity index (χ3v) is 6.25. The summed E-state index contributed by atoms with van der Waals surface area (Å²) in [6.07, 6.45) is 3.98. The molecule has 0 fully saturated rings. The Kier molecular flexibility index (Phi) is 16.3. The van der Waals surface area contributed by atoms with E-state index in [2.05, 4.69) is 37.4 Å². The second-order valence-electron chi connectivity index (χ2n) is 10.1. The van der Waals surface area contributed by atoms with Crippen LogP contribution < -0.4 is 5.32 Å². The summed E-state index contributed by atoms with van der Waals surface area (Å²) in [5.74, 6) is 0.394. The van der Waals surface area contributed by atoms with Crippen molar-refractivity contribution >= 4 is 11.7 Å². The number of nitrogens with zero attached hydrogens (tertiary/aromatic N) is 2. The molecule has 1 aromatic carbocycles. The number of benzene rings is 1. The van der Waals surface area contributed by atoms with Crippen molar-refractivity contribution in [1.29, 1.82) is 0 Å². The predicted octanol–water partition coefficient (Wildman–Crippen LogP) is 3.65. The Bertz CT molecular complexity index is 976. The molecule has 1 aromatic heterocycles. The van der Waals surface area contributed by atoms with Gasteiger partial charge in [0, 0.05) is 24.2 Å². The number of Topliss-reactive ketones (excluding diaryl/α,β-unsaturated/α-hetero) is 1. The summed E-state index contributed by atoms with van der Waals surface area (Å²) in [6.45, 7) is 14.6. The van der Waals surface area contributed by atoms with Gasteiger partial charge in [0.1, 0.15) is 6.61 Å². The van der Waals surface area contributed by atoms with Gasteiger partial charge in [-0.2, -0.15) is 5.10 Å². The summed E-state index contributed by atoms with van der Waals surface area (Å²) in [4.78, 5) is 23.8. The van der Waals surface area contributed by atoms with Crippen LogP contribution in [-0.4, -0.2) is 94.1 Å². The molecule has 0 radical (unpaired) electrons. The fourth-order valence-electron chi connectivity index (χ4n) is 3.49. The highest BCUT2D eigenvalue weighted by Crippen LogP contribution is 2.20. The van der Waals surface area contributed by atoms with Crippen LogP contribution in [0.25, 0.3) is 0 Å². The molecular weight excluding hydrogens is 514 g/mol. The summed E-state index contributed by atoms with van der Waals surface area (Å²) in [5, 5.41) is 7.35. The number of hydrogen-bond acceptors (Lipinski definition) is 8. The van der Waals surface area contributed by atoms with Gasteiger partial charge in [0.05, 0.1) is 71.7 Å². The van der Waals surface area contributed by atoms with E-state index in [0.29, 0.717) is 77.5 Å². The van der Waals surface area contributed by atoms with E-state index >= 15 is 0 Å². The predicted molar refractivity (Wildman–Crippen MR) is 153 cm³/mol. The fourth-order valence-corrected chi connectivity index (χ4v) is 3.49. The number of ketones is 1. The van der Waals surface area contributed by atoms with Crippen LogP contribution in [0.15, 0.2) is 36.7 Å². The minimum Gasteiger partial charge on any atom is -0.377 e. The van der Waals surface area contributed by atoms with Crippen LogP contribution in [0.2, 0.25) is 0 Å². The zero-order valence-corrected chi connectivity index (χ0v) is 24.7. The molecule has 0 aliphatic rings. The van der Waals surface area contributed by atoms with E-state index in [1.807, 2.05) is 49.0 Å². The molecule has 1 heterocycles. The maximum Gasteiger partial charge on any atom is 0.251 e. The van der Waals surface area contributed by atoms with Crippen LogP contribution in [0.1, 0.15) is 68.1 Å². The molecule has 1 N–H and O–H groups in total. The maximum absolute atomic E-state index is 12.4. The number of amides is 1. The Labute approximate surface area is 238 Å². The van der Waals surface area contributed by atoms with Crippen LogP contribution in [0.5, 0.6) is 0 Å². The van der Waals surface area contributed by atoms with Crippen molar-refractivity contribution in [2.45, 2.75) is 46.6 Å². The molecule has 0 bridgehead atoms. The smallest absolute Gasteiger partial charge is 0.251 e. The Hall–Kier alpha value is -2.63. The highest BCUT2D eigenvalue weighted by atomic mass is 16.6. The van der Waals surface area contributed by atoms with E-state index in [-0.39, 0.29) is 30.3 Å². The summed E-state index contributed by atoms with van der Waals surface area (Å²) >= 11 is 0. The minimum absolute atomic E-state index is 0.00670. The molecule has 0 saturated carbocycles. The first kappa shape index (κ1) is 33.6. The third-order valence-electron chi connectivity index (χ3n) is 6.25. The minimum atomic E-state index is -0.130. The number of carbonyl (C=O) groups is 2. The Morgan fingerprint density at radius 2 is 1.27 bits per heavy atom. The van der Waals surface area contributed by atoms with Gasteiger partial charge in [-0.05, 0) is 36.1 Å². The van der Waals surface area contributed by atoms with Crippen LogP contribution in [0, 0.1) is 5.92 Å². The quantitative estimate of drug-likeness (QED) is 0.217. The Morgan fingerprint density at radius 1 is 0.750 bits per heavy atom. The number of nitrogens with one attached hydrogen (secondary N) is 1. The van der Waals surface area contributed by atoms with Gasteiger partial charge in [-0.25, -0.2) is 0 Å². The molecule has 2 rings (SSSR count). The van der Waals surface area contributed by atoms with E-state index in [1.54, 1.807) is 0 Å². The van der Waals surface area contributed by atoms with Gasteiger partial charge in [0.2, 0.25) is 0 Å². The van der Waals surface area contributed by atoms with E-state index < -0.39 is 0 Å². The van der Waals surface area contributed by atoms with Gasteiger partial charge < -0.3 is 29.0 Å². The van der Waals surface area contributed by atoms with Gasteiger partial charge >= 0.3 is 0 Å². The van der Waals surface area contributed by atoms with E-state index in [4.69, 9.17) is 23.7 Å². The van der Waals surface area contributed by atoms with E-state index in [9.17, 15) is 9.59 Å². The number of hydrogen-bond donors (Lipinski definition) is 1. The van der Waals surface area contributed by atoms with Crippen molar-refractivity contribution in [2.75, 3.05) is 72.6 Å². The topological polar surface area (TPSA) is 110 Å². The first-order valence-electron chi connectivity index (χ1n) is 14.1. The molecule has 1 amide bonds. The molecule has 224 valence electrons. The molecular formula is C30H47N3O7.